The summed E-state index contributed by atoms with van der Waals surface area (Å²) in [7, 11) is 0. The Hall–Kier alpha value is -2.74. The molecule has 5 rings (SSSR count). The Morgan fingerprint density at radius 3 is 2.68 bits per heavy atom. The van der Waals surface area contributed by atoms with Crippen LogP contribution in [0.4, 0.5) is 0 Å². The van der Waals surface area contributed by atoms with E-state index >= 15 is 0 Å². The molecule has 3 aliphatic heterocycles. The number of hydrogen-bond acceptors (Lipinski definition) is 5. The fourth-order valence-corrected chi connectivity index (χ4v) is 5.40. The Balaban J connectivity index is 1.27. The molecule has 164 valence electrons. The standard InChI is InChI=1S/C23H29N5O3/c29-21-7-4-19(24-25-21)5-8-22(30)27-12-16-11-18(15-27)20-6-3-17(23(31)28(20)13-16)14-26-9-1-2-10-26/h3-4,6-7,16,18H,1-2,5,8-15H2,(H,25,29)/t16-,18+/m0/s1. The largest absolute Gasteiger partial charge is 0.342 e. The summed E-state index contributed by atoms with van der Waals surface area (Å²) in [5.41, 5.74) is 2.60. The summed E-state index contributed by atoms with van der Waals surface area (Å²) in [6, 6.07) is 7.23. The first-order valence-corrected chi connectivity index (χ1v) is 11.3. The lowest BCUT2D eigenvalue weighted by Crippen LogP contribution is -2.49. The molecule has 2 aromatic rings. The van der Waals surface area contributed by atoms with Crippen LogP contribution in [0.25, 0.3) is 0 Å². The van der Waals surface area contributed by atoms with E-state index in [1.54, 1.807) is 6.07 Å². The quantitative estimate of drug-likeness (QED) is 0.778. The van der Waals surface area contributed by atoms with Gasteiger partial charge in [0.1, 0.15) is 0 Å². The van der Waals surface area contributed by atoms with Crippen molar-refractivity contribution in [3.8, 4) is 0 Å². The molecule has 2 aromatic heterocycles. The minimum Gasteiger partial charge on any atom is -0.342 e. The van der Waals surface area contributed by atoms with Crippen molar-refractivity contribution in [3.63, 3.8) is 0 Å². The van der Waals surface area contributed by atoms with Gasteiger partial charge in [0.25, 0.3) is 11.1 Å². The Bertz CT molecular complexity index is 1060. The number of H-pyrrole nitrogens is 1. The van der Waals surface area contributed by atoms with E-state index in [1.165, 1.54) is 18.9 Å². The van der Waals surface area contributed by atoms with E-state index < -0.39 is 0 Å². The maximum atomic E-state index is 13.2. The molecule has 31 heavy (non-hydrogen) atoms. The van der Waals surface area contributed by atoms with Crippen LogP contribution in [0.5, 0.6) is 0 Å². The molecular weight excluding hydrogens is 394 g/mol. The molecule has 0 saturated carbocycles. The van der Waals surface area contributed by atoms with Gasteiger partial charge >= 0.3 is 0 Å². The number of carbonyl (C=O) groups excluding carboxylic acids is 1. The number of likely N-dealkylation sites (tertiary alicyclic amines) is 2. The summed E-state index contributed by atoms with van der Waals surface area (Å²) in [4.78, 5) is 41.5. The van der Waals surface area contributed by atoms with Crippen molar-refractivity contribution in [1.29, 1.82) is 0 Å². The van der Waals surface area contributed by atoms with Gasteiger partial charge in [0.15, 0.2) is 0 Å². The summed E-state index contributed by atoms with van der Waals surface area (Å²) in [5, 5.41) is 6.40. The van der Waals surface area contributed by atoms with E-state index in [-0.39, 0.29) is 22.9 Å². The average Bonchev–Trinajstić information content (AvgIpc) is 3.28. The third kappa shape index (κ3) is 4.21. The first kappa shape index (κ1) is 20.2. The summed E-state index contributed by atoms with van der Waals surface area (Å²) in [6.07, 6.45) is 4.37. The normalized spacial score (nSPS) is 23.0. The molecule has 0 aromatic carbocycles. The second kappa shape index (κ2) is 8.42. The van der Waals surface area contributed by atoms with E-state index in [4.69, 9.17) is 0 Å². The molecule has 0 unspecified atom stereocenters. The third-order valence-corrected chi connectivity index (χ3v) is 6.96. The van der Waals surface area contributed by atoms with Crippen LogP contribution in [-0.2, 0) is 24.3 Å². The lowest BCUT2D eigenvalue weighted by Gasteiger charge is -2.43. The molecule has 2 saturated heterocycles. The number of fused-ring (bicyclic) bond motifs is 4. The van der Waals surface area contributed by atoms with Crippen molar-refractivity contribution in [2.75, 3.05) is 26.2 Å². The Morgan fingerprint density at radius 2 is 1.90 bits per heavy atom. The molecular formula is C23H29N5O3. The first-order valence-electron chi connectivity index (χ1n) is 11.3. The Kier molecular flexibility index (Phi) is 5.48. The Labute approximate surface area is 180 Å². The number of aromatic amines is 1. The molecule has 3 aliphatic rings. The predicted octanol–water partition coefficient (Wildman–Crippen LogP) is 1.11. The average molecular weight is 424 g/mol. The minimum atomic E-state index is -0.239. The third-order valence-electron chi connectivity index (χ3n) is 6.96. The van der Waals surface area contributed by atoms with Crippen molar-refractivity contribution in [1.82, 2.24) is 24.6 Å². The topological polar surface area (TPSA) is 91.3 Å². The zero-order chi connectivity index (χ0) is 21.4. The molecule has 1 amide bonds. The zero-order valence-electron chi connectivity index (χ0n) is 17.8. The molecule has 8 heteroatoms. The van der Waals surface area contributed by atoms with Crippen LogP contribution in [0.1, 0.15) is 48.6 Å². The van der Waals surface area contributed by atoms with Crippen LogP contribution < -0.4 is 11.1 Å². The van der Waals surface area contributed by atoms with Gasteiger partial charge in [-0.1, -0.05) is 6.07 Å². The van der Waals surface area contributed by atoms with Gasteiger partial charge in [-0.25, -0.2) is 5.10 Å². The predicted molar refractivity (Wildman–Crippen MR) is 116 cm³/mol. The number of nitrogens with zero attached hydrogens (tertiary/aromatic N) is 4. The summed E-state index contributed by atoms with van der Waals surface area (Å²) in [6.45, 7) is 4.98. The summed E-state index contributed by atoms with van der Waals surface area (Å²) >= 11 is 0. The highest BCUT2D eigenvalue weighted by Crippen LogP contribution is 2.35. The van der Waals surface area contributed by atoms with Gasteiger partial charge in [-0.15, -0.1) is 0 Å². The molecule has 2 bridgehead atoms. The van der Waals surface area contributed by atoms with E-state index in [1.807, 2.05) is 15.5 Å². The van der Waals surface area contributed by atoms with Crippen LogP contribution in [0, 0.1) is 5.92 Å². The number of carbonyl (C=O) groups is 1. The fraction of sp³-hybridized carbons (Fsp3) is 0.565. The SMILES string of the molecule is O=C(CCc1ccc(=O)[nH]n1)N1C[C@@H]2C[C@H](C1)c1ccc(CN3CCCC3)c(=O)n1C2. The first-order chi connectivity index (χ1) is 15.1. The number of pyridine rings is 1. The van der Waals surface area contributed by atoms with Crippen molar-refractivity contribution in [2.45, 2.75) is 51.1 Å². The lowest BCUT2D eigenvalue weighted by molar-refractivity contribution is -0.133. The maximum absolute atomic E-state index is 13.2. The highest BCUT2D eigenvalue weighted by Gasteiger charge is 2.36. The van der Waals surface area contributed by atoms with Gasteiger partial charge in [-0.3, -0.25) is 19.3 Å². The number of aromatic nitrogens is 3. The Morgan fingerprint density at radius 1 is 1.06 bits per heavy atom. The van der Waals surface area contributed by atoms with Crippen LogP contribution in [-0.4, -0.2) is 56.7 Å². The second-order valence-corrected chi connectivity index (χ2v) is 9.19. The summed E-state index contributed by atoms with van der Waals surface area (Å²) in [5.74, 6) is 0.654. The number of nitrogens with one attached hydrogen (secondary N) is 1. The molecule has 8 nitrogen and oxygen atoms in total. The van der Waals surface area contributed by atoms with E-state index in [2.05, 4.69) is 21.2 Å². The van der Waals surface area contributed by atoms with E-state index in [0.29, 0.717) is 44.1 Å². The number of piperidine rings is 1. The molecule has 0 radical (unpaired) electrons. The van der Waals surface area contributed by atoms with Crippen LogP contribution in [0.15, 0.2) is 33.9 Å². The minimum absolute atomic E-state index is 0.115. The number of hydrogen-bond donors (Lipinski definition) is 1. The maximum Gasteiger partial charge on any atom is 0.264 e. The van der Waals surface area contributed by atoms with Crippen LogP contribution in [0.2, 0.25) is 0 Å². The van der Waals surface area contributed by atoms with Gasteiger partial charge in [0.2, 0.25) is 5.91 Å². The van der Waals surface area contributed by atoms with E-state index in [0.717, 1.165) is 37.3 Å². The zero-order valence-corrected chi connectivity index (χ0v) is 17.8. The number of amides is 1. The highest BCUT2D eigenvalue weighted by molar-refractivity contribution is 5.76. The monoisotopic (exact) mass is 423 g/mol. The fourth-order valence-electron chi connectivity index (χ4n) is 5.40. The van der Waals surface area contributed by atoms with Gasteiger partial charge in [-0.05, 0) is 50.4 Å². The molecule has 1 N–H and O–H groups in total. The van der Waals surface area contributed by atoms with Gasteiger partial charge < -0.3 is 9.47 Å². The highest BCUT2D eigenvalue weighted by atomic mass is 16.2. The molecule has 2 atom stereocenters. The van der Waals surface area contributed by atoms with Gasteiger partial charge in [-0.2, -0.15) is 5.10 Å². The van der Waals surface area contributed by atoms with Crippen molar-refractivity contribution in [2.24, 2.45) is 5.92 Å². The van der Waals surface area contributed by atoms with Crippen molar-refractivity contribution >= 4 is 5.91 Å². The van der Waals surface area contributed by atoms with Gasteiger partial charge in [0, 0.05) is 62.3 Å². The van der Waals surface area contributed by atoms with Crippen molar-refractivity contribution < 1.29 is 4.79 Å². The van der Waals surface area contributed by atoms with Crippen molar-refractivity contribution in [3.05, 3.63) is 61.9 Å². The van der Waals surface area contributed by atoms with Crippen LogP contribution in [0.3, 0.4) is 0 Å². The second-order valence-electron chi connectivity index (χ2n) is 9.19. The molecule has 0 aliphatic carbocycles. The molecule has 0 spiro atoms. The van der Waals surface area contributed by atoms with Gasteiger partial charge in [0.05, 0.1) is 5.69 Å². The smallest absolute Gasteiger partial charge is 0.264 e. The number of rotatable bonds is 5. The van der Waals surface area contributed by atoms with Crippen LogP contribution >= 0.6 is 0 Å². The van der Waals surface area contributed by atoms with E-state index in [9.17, 15) is 14.4 Å². The lowest BCUT2D eigenvalue weighted by atomic mass is 9.82. The summed E-state index contributed by atoms with van der Waals surface area (Å²) < 4.78 is 1.98. The number of aryl methyl sites for hydroxylation is 1. The molecule has 2 fully saturated rings. The molecule has 5 heterocycles.